The SMILES string of the molecule is CCC(C)N(C)C(=O)c1cc(S(=O)(=O)Cl)cn1CCOC. The number of carbonyl (C=O) groups excluding carboxylic acids is 1. The fourth-order valence-corrected chi connectivity index (χ4v) is 2.58. The van der Waals surface area contributed by atoms with E-state index >= 15 is 0 Å². The highest BCUT2D eigenvalue weighted by Gasteiger charge is 2.23. The summed E-state index contributed by atoms with van der Waals surface area (Å²) in [5, 5.41) is 0. The van der Waals surface area contributed by atoms with E-state index in [1.54, 1.807) is 16.5 Å². The quantitative estimate of drug-likeness (QED) is 0.713. The Morgan fingerprint density at radius 3 is 2.62 bits per heavy atom. The predicted octanol–water partition coefficient (Wildman–Crippen LogP) is 1.93. The van der Waals surface area contributed by atoms with Crippen LogP contribution in [-0.2, 0) is 20.3 Å². The first-order chi connectivity index (χ1) is 9.72. The first-order valence-corrected chi connectivity index (χ1v) is 8.94. The maximum absolute atomic E-state index is 12.5. The van der Waals surface area contributed by atoms with E-state index in [0.717, 1.165) is 6.42 Å². The molecule has 0 bridgehead atoms. The second-order valence-electron chi connectivity index (χ2n) is 4.86. The Morgan fingerprint density at radius 2 is 2.14 bits per heavy atom. The minimum absolute atomic E-state index is 0.0549. The number of rotatable bonds is 7. The minimum atomic E-state index is -3.87. The Morgan fingerprint density at radius 1 is 1.52 bits per heavy atom. The normalized spacial score (nSPS) is 13.2. The molecule has 1 amide bonds. The van der Waals surface area contributed by atoms with Gasteiger partial charge in [-0.05, 0) is 19.4 Å². The molecule has 120 valence electrons. The molecule has 0 spiro atoms. The van der Waals surface area contributed by atoms with Gasteiger partial charge in [0.25, 0.3) is 15.0 Å². The van der Waals surface area contributed by atoms with Crippen molar-refractivity contribution in [2.75, 3.05) is 20.8 Å². The maximum atomic E-state index is 12.5. The van der Waals surface area contributed by atoms with E-state index in [9.17, 15) is 13.2 Å². The van der Waals surface area contributed by atoms with Crippen LogP contribution in [0.25, 0.3) is 0 Å². The van der Waals surface area contributed by atoms with E-state index in [2.05, 4.69) is 0 Å². The summed E-state index contributed by atoms with van der Waals surface area (Å²) in [6.07, 6.45) is 2.17. The van der Waals surface area contributed by atoms with Crippen molar-refractivity contribution in [1.29, 1.82) is 0 Å². The van der Waals surface area contributed by atoms with Crippen LogP contribution in [0.3, 0.4) is 0 Å². The smallest absolute Gasteiger partial charge is 0.270 e. The van der Waals surface area contributed by atoms with Crippen molar-refractivity contribution in [1.82, 2.24) is 9.47 Å². The molecular formula is C13H21ClN2O4S. The average Bonchev–Trinajstić information content (AvgIpc) is 2.86. The molecule has 6 nitrogen and oxygen atoms in total. The summed E-state index contributed by atoms with van der Waals surface area (Å²) in [7, 11) is 4.71. The van der Waals surface area contributed by atoms with Crippen LogP contribution in [0.1, 0.15) is 30.8 Å². The Hall–Kier alpha value is -1.05. The van der Waals surface area contributed by atoms with Crippen molar-refractivity contribution >= 4 is 25.6 Å². The minimum Gasteiger partial charge on any atom is -0.383 e. The monoisotopic (exact) mass is 336 g/mol. The lowest BCUT2D eigenvalue weighted by Gasteiger charge is -2.24. The summed E-state index contributed by atoms with van der Waals surface area (Å²) < 4.78 is 29.4. The van der Waals surface area contributed by atoms with Gasteiger partial charge < -0.3 is 14.2 Å². The molecule has 0 fully saturated rings. The zero-order valence-electron chi connectivity index (χ0n) is 12.7. The number of nitrogens with zero attached hydrogens (tertiary/aromatic N) is 2. The molecule has 1 aromatic rings. The van der Waals surface area contributed by atoms with Crippen LogP contribution in [-0.4, -0.2) is 50.6 Å². The van der Waals surface area contributed by atoms with Crippen molar-refractivity contribution in [2.45, 2.75) is 37.8 Å². The van der Waals surface area contributed by atoms with E-state index in [1.807, 2.05) is 13.8 Å². The Kier molecular flexibility index (Phi) is 6.24. The van der Waals surface area contributed by atoms with Crippen molar-refractivity contribution in [2.24, 2.45) is 0 Å². The number of halogens is 1. The molecule has 0 aromatic carbocycles. The summed E-state index contributed by atoms with van der Waals surface area (Å²) in [5.74, 6) is -0.244. The van der Waals surface area contributed by atoms with Crippen molar-refractivity contribution in [3.05, 3.63) is 18.0 Å². The lowest BCUT2D eigenvalue weighted by atomic mass is 10.2. The molecule has 0 aliphatic heterocycles. The first-order valence-electron chi connectivity index (χ1n) is 6.63. The summed E-state index contributed by atoms with van der Waals surface area (Å²) >= 11 is 0. The van der Waals surface area contributed by atoms with E-state index < -0.39 is 9.05 Å². The second kappa shape index (κ2) is 7.29. The topological polar surface area (TPSA) is 68.6 Å². The lowest BCUT2D eigenvalue weighted by Crippen LogP contribution is -2.35. The highest BCUT2D eigenvalue weighted by molar-refractivity contribution is 8.13. The molecule has 8 heteroatoms. The van der Waals surface area contributed by atoms with Crippen LogP contribution in [0, 0.1) is 0 Å². The molecule has 0 saturated heterocycles. The summed E-state index contributed by atoms with van der Waals surface area (Å²) in [6.45, 7) is 4.65. The van der Waals surface area contributed by atoms with Crippen molar-refractivity contribution in [3.8, 4) is 0 Å². The van der Waals surface area contributed by atoms with Gasteiger partial charge in [-0.2, -0.15) is 0 Å². The van der Waals surface area contributed by atoms with Gasteiger partial charge in [-0.1, -0.05) is 6.92 Å². The highest BCUT2D eigenvalue weighted by Crippen LogP contribution is 2.20. The van der Waals surface area contributed by atoms with Gasteiger partial charge >= 0.3 is 0 Å². The van der Waals surface area contributed by atoms with Gasteiger partial charge in [-0.25, -0.2) is 8.42 Å². The molecule has 0 N–H and O–H groups in total. The van der Waals surface area contributed by atoms with Crippen LogP contribution in [0.5, 0.6) is 0 Å². The van der Waals surface area contributed by atoms with Gasteiger partial charge in [0.1, 0.15) is 10.6 Å². The van der Waals surface area contributed by atoms with E-state index in [-0.39, 0.29) is 22.5 Å². The fraction of sp³-hybridized carbons (Fsp3) is 0.615. The van der Waals surface area contributed by atoms with E-state index in [0.29, 0.717) is 13.2 Å². The Labute approximate surface area is 130 Å². The third-order valence-electron chi connectivity index (χ3n) is 3.48. The third kappa shape index (κ3) is 4.46. The molecule has 1 unspecified atom stereocenters. The van der Waals surface area contributed by atoms with Gasteiger partial charge in [0.15, 0.2) is 0 Å². The van der Waals surface area contributed by atoms with Gasteiger partial charge in [-0.3, -0.25) is 4.79 Å². The number of aromatic nitrogens is 1. The summed E-state index contributed by atoms with van der Waals surface area (Å²) in [4.78, 5) is 14.0. The number of methoxy groups -OCH3 is 1. The lowest BCUT2D eigenvalue weighted by molar-refractivity contribution is 0.0727. The molecule has 0 saturated carbocycles. The molecule has 1 rings (SSSR count). The van der Waals surface area contributed by atoms with Crippen LogP contribution in [0.2, 0.25) is 0 Å². The standard InChI is InChI=1S/C13H21ClN2O4S/c1-5-10(2)15(3)13(17)12-8-11(21(14,18)19)9-16(12)6-7-20-4/h8-10H,5-7H2,1-4H3. The number of carbonyl (C=O) groups is 1. The molecule has 21 heavy (non-hydrogen) atoms. The van der Waals surface area contributed by atoms with Crippen LogP contribution in [0.15, 0.2) is 17.2 Å². The van der Waals surface area contributed by atoms with E-state index in [1.165, 1.54) is 19.4 Å². The zero-order valence-corrected chi connectivity index (χ0v) is 14.2. The zero-order chi connectivity index (χ0) is 16.2. The van der Waals surface area contributed by atoms with Gasteiger partial charge in [0, 0.05) is 43.6 Å². The number of hydrogen-bond donors (Lipinski definition) is 0. The molecule has 0 aliphatic carbocycles. The average molecular weight is 337 g/mol. The van der Waals surface area contributed by atoms with Gasteiger partial charge in [0.05, 0.1) is 6.61 Å². The van der Waals surface area contributed by atoms with Crippen LogP contribution >= 0.6 is 10.7 Å². The highest BCUT2D eigenvalue weighted by atomic mass is 35.7. The largest absolute Gasteiger partial charge is 0.383 e. The second-order valence-corrected chi connectivity index (χ2v) is 7.42. The number of ether oxygens (including phenoxy) is 1. The summed E-state index contributed by atoms with van der Waals surface area (Å²) in [5.41, 5.74) is 0.286. The molecule has 1 heterocycles. The third-order valence-corrected chi connectivity index (χ3v) is 4.80. The first kappa shape index (κ1) is 18.0. The predicted molar refractivity (Wildman–Crippen MR) is 81.2 cm³/mol. The molecule has 0 aliphatic rings. The molecule has 1 atom stereocenters. The van der Waals surface area contributed by atoms with Gasteiger partial charge in [-0.15, -0.1) is 0 Å². The van der Waals surface area contributed by atoms with Crippen molar-refractivity contribution < 1.29 is 17.9 Å². The number of hydrogen-bond acceptors (Lipinski definition) is 4. The maximum Gasteiger partial charge on any atom is 0.270 e. The number of amides is 1. The molecular weight excluding hydrogens is 316 g/mol. The van der Waals surface area contributed by atoms with Crippen molar-refractivity contribution in [3.63, 3.8) is 0 Å². The molecule has 0 radical (unpaired) electrons. The Bertz CT molecular complexity index is 597. The fourth-order valence-electron chi connectivity index (χ4n) is 1.83. The Balaban J connectivity index is 3.19. The van der Waals surface area contributed by atoms with Crippen LogP contribution < -0.4 is 0 Å². The van der Waals surface area contributed by atoms with Gasteiger partial charge in [0.2, 0.25) is 0 Å². The summed E-state index contributed by atoms with van der Waals surface area (Å²) in [6, 6.07) is 1.36. The molecule has 1 aromatic heterocycles. The van der Waals surface area contributed by atoms with E-state index in [4.69, 9.17) is 15.4 Å². The van der Waals surface area contributed by atoms with Crippen LogP contribution in [0.4, 0.5) is 0 Å².